The molecule has 0 amide bonds. The standard InChI is InChI=1S/C11H9NO4/c1-12-8-6-7(9(14)4-5-13)2-3-10(8)16-11(12)15/h2-3,5-6H,4H2,1H3. The molecule has 1 heterocycles. The van der Waals surface area contributed by atoms with E-state index in [1.54, 1.807) is 19.2 Å². The highest BCUT2D eigenvalue weighted by molar-refractivity contribution is 6.04. The maximum atomic E-state index is 11.5. The van der Waals surface area contributed by atoms with Crippen molar-refractivity contribution in [3.8, 4) is 0 Å². The summed E-state index contributed by atoms with van der Waals surface area (Å²) in [4.78, 5) is 32.9. The topological polar surface area (TPSA) is 69.3 Å². The lowest BCUT2D eigenvalue weighted by Gasteiger charge is -1.97. The highest BCUT2D eigenvalue weighted by Crippen LogP contribution is 2.15. The summed E-state index contributed by atoms with van der Waals surface area (Å²) in [6.45, 7) is 0. The third kappa shape index (κ3) is 1.56. The molecule has 0 aliphatic carbocycles. The van der Waals surface area contributed by atoms with Crippen LogP contribution in [-0.4, -0.2) is 16.6 Å². The van der Waals surface area contributed by atoms with Crippen molar-refractivity contribution < 1.29 is 14.0 Å². The first-order valence-corrected chi connectivity index (χ1v) is 4.70. The van der Waals surface area contributed by atoms with Gasteiger partial charge in [0.1, 0.15) is 6.29 Å². The van der Waals surface area contributed by atoms with E-state index in [4.69, 9.17) is 4.42 Å². The molecule has 1 aromatic heterocycles. The van der Waals surface area contributed by atoms with Gasteiger partial charge < -0.3 is 9.21 Å². The van der Waals surface area contributed by atoms with Gasteiger partial charge in [-0.1, -0.05) is 0 Å². The Morgan fingerprint density at radius 1 is 1.50 bits per heavy atom. The molecule has 0 unspecified atom stereocenters. The summed E-state index contributed by atoms with van der Waals surface area (Å²) < 4.78 is 6.23. The Kier molecular flexibility index (Phi) is 2.44. The summed E-state index contributed by atoms with van der Waals surface area (Å²) in [5.74, 6) is -0.750. The van der Waals surface area contributed by atoms with Crippen molar-refractivity contribution in [3.63, 3.8) is 0 Å². The molecule has 0 saturated heterocycles. The molecule has 0 bridgehead atoms. The molecule has 1 aromatic carbocycles. The fourth-order valence-electron chi connectivity index (χ4n) is 1.49. The molecule has 0 radical (unpaired) electrons. The Bertz CT molecular complexity index is 620. The number of hydrogen-bond acceptors (Lipinski definition) is 4. The van der Waals surface area contributed by atoms with E-state index in [1.807, 2.05) is 0 Å². The van der Waals surface area contributed by atoms with Crippen LogP contribution in [0.5, 0.6) is 0 Å². The summed E-state index contributed by atoms with van der Waals surface area (Å²) in [6, 6.07) is 4.64. The molecule has 16 heavy (non-hydrogen) atoms. The van der Waals surface area contributed by atoms with Crippen LogP contribution in [-0.2, 0) is 11.8 Å². The second-order valence-electron chi connectivity index (χ2n) is 3.40. The van der Waals surface area contributed by atoms with E-state index in [1.165, 1.54) is 10.6 Å². The van der Waals surface area contributed by atoms with Crippen LogP contribution in [0.4, 0.5) is 0 Å². The molecular weight excluding hydrogens is 210 g/mol. The van der Waals surface area contributed by atoms with E-state index in [9.17, 15) is 14.4 Å². The number of aromatic nitrogens is 1. The third-order valence-electron chi connectivity index (χ3n) is 2.38. The highest BCUT2D eigenvalue weighted by Gasteiger charge is 2.10. The molecule has 82 valence electrons. The van der Waals surface area contributed by atoms with E-state index in [0.29, 0.717) is 22.9 Å². The van der Waals surface area contributed by atoms with Gasteiger partial charge in [-0.15, -0.1) is 0 Å². The van der Waals surface area contributed by atoms with Crippen LogP contribution in [0, 0.1) is 0 Å². The van der Waals surface area contributed by atoms with Gasteiger partial charge in [0.15, 0.2) is 11.4 Å². The van der Waals surface area contributed by atoms with Gasteiger partial charge in [-0.2, -0.15) is 0 Å². The van der Waals surface area contributed by atoms with Crippen LogP contribution >= 0.6 is 0 Å². The van der Waals surface area contributed by atoms with Crippen LogP contribution in [0.25, 0.3) is 11.1 Å². The van der Waals surface area contributed by atoms with E-state index in [-0.39, 0.29) is 12.2 Å². The minimum atomic E-state index is -0.477. The number of Topliss-reactive ketones (excluding diaryl/α,β-unsaturated/α-hetero) is 1. The van der Waals surface area contributed by atoms with Gasteiger partial charge in [-0.05, 0) is 18.2 Å². The SMILES string of the molecule is Cn1c(=O)oc2ccc(C(=O)CC=O)cc21. The van der Waals surface area contributed by atoms with E-state index in [2.05, 4.69) is 0 Å². The number of hydrogen-bond donors (Lipinski definition) is 0. The summed E-state index contributed by atoms with van der Waals surface area (Å²) in [5.41, 5.74) is 1.37. The lowest BCUT2D eigenvalue weighted by molar-refractivity contribution is -0.107. The number of benzene rings is 1. The smallest absolute Gasteiger partial charge is 0.408 e. The Labute approximate surface area is 90.3 Å². The van der Waals surface area contributed by atoms with Crippen molar-refractivity contribution in [1.29, 1.82) is 0 Å². The summed E-state index contributed by atoms with van der Waals surface area (Å²) in [6.07, 6.45) is 0.401. The molecule has 0 atom stereocenters. The van der Waals surface area contributed by atoms with Crippen LogP contribution in [0.15, 0.2) is 27.4 Å². The molecule has 2 rings (SSSR count). The maximum absolute atomic E-state index is 11.5. The number of ketones is 1. The van der Waals surface area contributed by atoms with Gasteiger partial charge in [0.05, 0.1) is 11.9 Å². The number of aryl methyl sites for hydroxylation is 1. The third-order valence-corrected chi connectivity index (χ3v) is 2.38. The Balaban J connectivity index is 2.59. The van der Waals surface area contributed by atoms with Gasteiger partial charge in [-0.3, -0.25) is 9.36 Å². The zero-order chi connectivity index (χ0) is 11.7. The van der Waals surface area contributed by atoms with Gasteiger partial charge in [0.25, 0.3) is 0 Å². The normalized spacial score (nSPS) is 10.6. The Morgan fingerprint density at radius 2 is 2.25 bits per heavy atom. The van der Waals surface area contributed by atoms with Crippen LogP contribution in [0.3, 0.4) is 0 Å². The number of fused-ring (bicyclic) bond motifs is 1. The summed E-state index contributed by atoms with van der Waals surface area (Å²) in [5, 5.41) is 0. The van der Waals surface area contributed by atoms with Crippen molar-refractivity contribution in [2.75, 3.05) is 0 Å². The Morgan fingerprint density at radius 3 is 2.94 bits per heavy atom. The molecular formula is C11H9NO4. The van der Waals surface area contributed by atoms with Crippen LogP contribution in [0.1, 0.15) is 16.8 Å². The molecule has 0 spiro atoms. The molecule has 0 aliphatic rings. The number of rotatable bonds is 3. The second-order valence-corrected chi connectivity index (χ2v) is 3.40. The highest BCUT2D eigenvalue weighted by atomic mass is 16.4. The van der Waals surface area contributed by atoms with E-state index < -0.39 is 5.76 Å². The van der Waals surface area contributed by atoms with Gasteiger partial charge in [0, 0.05) is 12.6 Å². The van der Waals surface area contributed by atoms with Crippen molar-refractivity contribution in [3.05, 3.63) is 34.3 Å². The predicted molar refractivity (Wildman–Crippen MR) is 56.5 cm³/mol. The average molecular weight is 219 g/mol. The predicted octanol–water partition coefficient (Wildman–Crippen LogP) is 0.903. The van der Waals surface area contributed by atoms with Crippen LogP contribution < -0.4 is 5.76 Å². The van der Waals surface area contributed by atoms with Gasteiger partial charge >= 0.3 is 5.76 Å². The van der Waals surface area contributed by atoms with Crippen LogP contribution in [0.2, 0.25) is 0 Å². The van der Waals surface area contributed by atoms with Gasteiger partial charge in [0.2, 0.25) is 0 Å². The maximum Gasteiger partial charge on any atom is 0.419 e. The van der Waals surface area contributed by atoms with Gasteiger partial charge in [-0.25, -0.2) is 4.79 Å². The van der Waals surface area contributed by atoms with Crippen molar-refractivity contribution in [2.45, 2.75) is 6.42 Å². The molecule has 0 aliphatic heterocycles. The zero-order valence-corrected chi connectivity index (χ0v) is 8.60. The number of carbonyl (C=O) groups is 2. The monoisotopic (exact) mass is 219 g/mol. The molecule has 5 heteroatoms. The number of oxazole rings is 1. The fourth-order valence-corrected chi connectivity index (χ4v) is 1.49. The first-order chi connectivity index (χ1) is 7.63. The zero-order valence-electron chi connectivity index (χ0n) is 8.60. The van der Waals surface area contributed by atoms with Crippen molar-refractivity contribution in [1.82, 2.24) is 4.57 Å². The lowest BCUT2D eigenvalue weighted by atomic mass is 10.1. The minimum Gasteiger partial charge on any atom is -0.408 e. The minimum absolute atomic E-state index is 0.155. The largest absolute Gasteiger partial charge is 0.419 e. The first kappa shape index (κ1) is 10.4. The van der Waals surface area contributed by atoms with E-state index in [0.717, 1.165) is 0 Å². The number of carbonyl (C=O) groups excluding carboxylic acids is 2. The number of nitrogens with zero attached hydrogens (tertiary/aromatic N) is 1. The van der Waals surface area contributed by atoms with E-state index >= 15 is 0 Å². The quantitative estimate of drug-likeness (QED) is 0.437. The lowest BCUT2D eigenvalue weighted by Crippen LogP contribution is -2.08. The Hall–Kier alpha value is -2.17. The first-order valence-electron chi connectivity index (χ1n) is 4.70. The summed E-state index contributed by atoms with van der Waals surface area (Å²) >= 11 is 0. The van der Waals surface area contributed by atoms with Crippen molar-refractivity contribution in [2.24, 2.45) is 7.05 Å². The molecule has 2 aromatic rings. The second kappa shape index (κ2) is 3.77. The average Bonchev–Trinajstić information content (AvgIpc) is 2.55. The number of aldehydes is 1. The summed E-state index contributed by atoms with van der Waals surface area (Å²) in [7, 11) is 1.56. The fraction of sp³-hybridized carbons (Fsp3) is 0.182. The molecule has 5 nitrogen and oxygen atoms in total. The van der Waals surface area contributed by atoms with Crippen molar-refractivity contribution >= 4 is 23.2 Å². The molecule has 0 saturated carbocycles. The molecule has 0 N–H and O–H groups in total. The molecule has 0 fully saturated rings.